The van der Waals surface area contributed by atoms with Crippen molar-refractivity contribution < 1.29 is 24.4 Å². The van der Waals surface area contributed by atoms with E-state index in [1.807, 2.05) is 48.5 Å². The molecule has 3 aromatic rings. The van der Waals surface area contributed by atoms with Gasteiger partial charge >= 0.3 is 12.1 Å². The topological polar surface area (TPSA) is 110 Å². The van der Waals surface area contributed by atoms with Crippen LogP contribution in [0.15, 0.2) is 72.8 Å². The lowest BCUT2D eigenvalue weighted by molar-refractivity contribution is -0.384. The molecule has 1 aliphatic rings. The molecule has 0 aliphatic heterocycles. The van der Waals surface area contributed by atoms with Crippen LogP contribution in [0.25, 0.3) is 11.1 Å². The molecule has 0 saturated heterocycles. The number of aliphatic carboxylic acids is 1. The summed E-state index contributed by atoms with van der Waals surface area (Å²) in [7, 11) is 0. The number of rotatable bonds is 7. The minimum absolute atomic E-state index is 0.0114. The molecule has 8 nitrogen and oxygen atoms in total. The number of nitrogens with zero attached hydrogens (tertiary/aromatic N) is 2. The van der Waals surface area contributed by atoms with Gasteiger partial charge in [0.15, 0.2) is 0 Å². The van der Waals surface area contributed by atoms with Gasteiger partial charge in [-0.3, -0.25) is 19.8 Å². The monoisotopic (exact) mass is 460 g/mol. The minimum Gasteiger partial charge on any atom is -0.481 e. The van der Waals surface area contributed by atoms with Crippen molar-refractivity contribution >= 4 is 23.4 Å². The number of hydrogen-bond acceptors (Lipinski definition) is 5. The molecular formula is C26H24N2O6. The molecule has 0 saturated carbocycles. The second-order valence-electron chi connectivity index (χ2n) is 8.83. The Balaban J connectivity index is 1.65. The van der Waals surface area contributed by atoms with E-state index in [1.165, 1.54) is 32.0 Å². The summed E-state index contributed by atoms with van der Waals surface area (Å²) in [6.07, 6.45) is -0.842. The van der Waals surface area contributed by atoms with E-state index in [0.717, 1.165) is 27.2 Å². The number of amides is 1. The molecule has 0 heterocycles. The lowest BCUT2D eigenvalue weighted by Gasteiger charge is -2.29. The molecule has 0 spiro atoms. The van der Waals surface area contributed by atoms with E-state index in [4.69, 9.17) is 4.74 Å². The van der Waals surface area contributed by atoms with Gasteiger partial charge in [-0.15, -0.1) is 0 Å². The zero-order chi connectivity index (χ0) is 24.5. The van der Waals surface area contributed by atoms with E-state index >= 15 is 0 Å². The van der Waals surface area contributed by atoms with Crippen LogP contribution < -0.4 is 4.90 Å². The molecule has 1 aliphatic carbocycles. The van der Waals surface area contributed by atoms with Crippen LogP contribution >= 0.6 is 0 Å². The summed E-state index contributed by atoms with van der Waals surface area (Å²) < 4.78 is 5.69. The third-order valence-corrected chi connectivity index (χ3v) is 6.06. The molecule has 0 bridgehead atoms. The van der Waals surface area contributed by atoms with Gasteiger partial charge in [0.2, 0.25) is 0 Å². The van der Waals surface area contributed by atoms with Gasteiger partial charge in [-0.05, 0) is 42.2 Å². The maximum Gasteiger partial charge on any atom is 0.414 e. The van der Waals surface area contributed by atoms with Crippen LogP contribution in [-0.2, 0) is 9.53 Å². The number of carbonyl (C=O) groups is 2. The van der Waals surface area contributed by atoms with Crippen molar-refractivity contribution in [1.29, 1.82) is 0 Å². The number of fused-ring (bicyclic) bond motifs is 3. The largest absolute Gasteiger partial charge is 0.481 e. The Morgan fingerprint density at radius 3 is 2.06 bits per heavy atom. The van der Waals surface area contributed by atoms with Crippen LogP contribution in [0, 0.1) is 15.5 Å². The van der Waals surface area contributed by atoms with Crippen molar-refractivity contribution in [2.45, 2.75) is 19.8 Å². The van der Waals surface area contributed by atoms with Gasteiger partial charge in [-0.1, -0.05) is 60.7 Å². The first kappa shape index (κ1) is 23.0. The SMILES string of the molecule is CC(C)(CN(C(=O)OCC1c2ccccc2-c2ccccc21)c1ccccc1[N+](=O)[O-])C(=O)O. The second kappa shape index (κ2) is 8.97. The maximum absolute atomic E-state index is 13.3. The van der Waals surface area contributed by atoms with Gasteiger partial charge in [0.25, 0.3) is 5.69 Å². The van der Waals surface area contributed by atoms with E-state index in [0.29, 0.717) is 0 Å². The summed E-state index contributed by atoms with van der Waals surface area (Å²) in [6, 6.07) is 21.5. The van der Waals surface area contributed by atoms with E-state index < -0.39 is 22.4 Å². The molecule has 0 unspecified atom stereocenters. The normalized spacial score (nSPS) is 12.5. The number of carboxylic acids is 1. The summed E-state index contributed by atoms with van der Waals surface area (Å²) >= 11 is 0. The van der Waals surface area contributed by atoms with Crippen molar-refractivity contribution in [3.8, 4) is 11.1 Å². The molecule has 4 rings (SSSR count). The van der Waals surface area contributed by atoms with Crippen LogP contribution in [0.1, 0.15) is 30.9 Å². The fourth-order valence-corrected chi connectivity index (χ4v) is 4.23. The van der Waals surface area contributed by atoms with Gasteiger partial charge in [-0.2, -0.15) is 0 Å². The highest BCUT2D eigenvalue weighted by Gasteiger charge is 2.37. The third-order valence-electron chi connectivity index (χ3n) is 6.06. The van der Waals surface area contributed by atoms with Crippen molar-refractivity contribution in [3.05, 3.63) is 94.0 Å². The average molecular weight is 460 g/mol. The molecule has 1 amide bonds. The Labute approximate surface area is 196 Å². The van der Waals surface area contributed by atoms with Crippen LogP contribution in [0.3, 0.4) is 0 Å². The van der Waals surface area contributed by atoms with Crippen molar-refractivity contribution in [1.82, 2.24) is 0 Å². The molecule has 0 atom stereocenters. The fourth-order valence-electron chi connectivity index (χ4n) is 4.23. The number of anilines is 1. The standard InChI is InChI=1S/C26H24N2O6/c1-26(2,24(29)30)16-27(22-13-7-8-14-23(22)28(32)33)25(31)34-15-21-19-11-5-3-9-17(19)18-10-4-6-12-20(18)21/h3-14,21H,15-16H2,1-2H3,(H,29,30). The number of nitro groups is 1. The first-order chi connectivity index (χ1) is 16.2. The minimum atomic E-state index is -1.37. The van der Waals surface area contributed by atoms with Crippen LogP contribution in [0.4, 0.5) is 16.2 Å². The Morgan fingerprint density at radius 1 is 0.971 bits per heavy atom. The number of nitro benzene ring substituents is 1. The molecule has 34 heavy (non-hydrogen) atoms. The Bertz CT molecular complexity index is 1220. The zero-order valence-corrected chi connectivity index (χ0v) is 18.8. The van der Waals surface area contributed by atoms with Crippen molar-refractivity contribution in [2.24, 2.45) is 5.41 Å². The molecule has 3 aromatic carbocycles. The van der Waals surface area contributed by atoms with Gasteiger partial charge in [0.1, 0.15) is 12.3 Å². The average Bonchev–Trinajstić information content (AvgIpc) is 3.14. The summed E-state index contributed by atoms with van der Waals surface area (Å²) in [4.78, 5) is 37.1. The Hall–Kier alpha value is -4.20. The number of carbonyl (C=O) groups excluding carboxylic acids is 1. The first-order valence-electron chi connectivity index (χ1n) is 10.8. The van der Waals surface area contributed by atoms with Crippen molar-refractivity contribution in [3.63, 3.8) is 0 Å². The zero-order valence-electron chi connectivity index (χ0n) is 18.8. The van der Waals surface area contributed by atoms with Crippen LogP contribution in [-0.4, -0.2) is 35.2 Å². The Morgan fingerprint density at radius 2 is 1.50 bits per heavy atom. The predicted molar refractivity (Wildman–Crippen MR) is 127 cm³/mol. The van der Waals surface area contributed by atoms with Crippen LogP contribution in [0.5, 0.6) is 0 Å². The maximum atomic E-state index is 13.3. The third kappa shape index (κ3) is 4.22. The summed E-state index contributed by atoms with van der Waals surface area (Å²) in [5.41, 5.74) is 2.51. The highest BCUT2D eigenvalue weighted by Crippen LogP contribution is 2.44. The van der Waals surface area contributed by atoms with Gasteiger partial charge in [0.05, 0.1) is 10.3 Å². The van der Waals surface area contributed by atoms with Gasteiger partial charge in [-0.25, -0.2) is 4.79 Å². The number of hydrogen-bond donors (Lipinski definition) is 1. The van der Waals surface area contributed by atoms with Crippen molar-refractivity contribution in [2.75, 3.05) is 18.1 Å². The summed E-state index contributed by atoms with van der Waals surface area (Å²) in [5, 5.41) is 21.2. The molecule has 174 valence electrons. The highest BCUT2D eigenvalue weighted by molar-refractivity contribution is 5.92. The first-order valence-corrected chi connectivity index (χ1v) is 10.8. The lowest BCUT2D eigenvalue weighted by atomic mass is 9.93. The van der Waals surface area contributed by atoms with Crippen LogP contribution in [0.2, 0.25) is 0 Å². The molecule has 8 heteroatoms. The molecule has 0 radical (unpaired) electrons. The van der Waals surface area contributed by atoms with E-state index in [1.54, 1.807) is 6.07 Å². The van der Waals surface area contributed by atoms with E-state index in [2.05, 4.69) is 0 Å². The van der Waals surface area contributed by atoms with E-state index in [-0.39, 0.29) is 30.4 Å². The van der Waals surface area contributed by atoms with E-state index in [9.17, 15) is 24.8 Å². The summed E-state index contributed by atoms with van der Waals surface area (Å²) in [5.74, 6) is -1.33. The smallest absolute Gasteiger partial charge is 0.414 e. The number of para-hydroxylation sites is 2. The quantitative estimate of drug-likeness (QED) is 0.370. The Kier molecular flexibility index (Phi) is 6.06. The molecule has 1 N–H and O–H groups in total. The number of carboxylic acid groups (broad SMARTS) is 1. The fraction of sp³-hybridized carbons (Fsp3) is 0.231. The summed E-state index contributed by atoms with van der Waals surface area (Å²) in [6.45, 7) is 2.61. The highest BCUT2D eigenvalue weighted by atomic mass is 16.6. The lowest BCUT2D eigenvalue weighted by Crippen LogP contribution is -2.43. The molecular weight excluding hydrogens is 436 g/mol. The molecule has 0 fully saturated rings. The predicted octanol–water partition coefficient (Wildman–Crippen LogP) is 5.46. The van der Waals surface area contributed by atoms with Gasteiger partial charge < -0.3 is 9.84 Å². The second-order valence-corrected chi connectivity index (χ2v) is 8.83. The van der Waals surface area contributed by atoms with Gasteiger partial charge in [0, 0.05) is 18.5 Å². The number of ether oxygens (including phenoxy) is 1. The number of benzene rings is 3. The molecule has 0 aromatic heterocycles.